The number of aliphatic hydroxyl groups excluding tert-OH is 1. The molecular formula is C46H69N3O4. The number of hydrogen-bond donors (Lipinski definition) is 3. The number of aliphatic hydroxyl groups is 1. The molecule has 0 bridgehead atoms. The van der Waals surface area contributed by atoms with Crippen LogP contribution in [0, 0.1) is 57.2 Å². The van der Waals surface area contributed by atoms with Gasteiger partial charge in [0.15, 0.2) is 0 Å². The van der Waals surface area contributed by atoms with Gasteiger partial charge in [0.25, 0.3) is 0 Å². The van der Waals surface area contributed by atoms with Crippen LogP contribution in [0.3, 0.4) is 0 Å². The van der Waals surface area contributed by atoms with Crippen molar-refractivity contribution in [3.63, 3.8) is 0 Å². The Balaban J connectivity index is 0.762. The molecule has 1 aromatic carbocycles. The number of carbonyl (C=O) groups is 2. The Bertz CT molecular complexity index is 1550. The van der Waals surface area contributed by atoms with Gasteiger partial charge in [-0.3, -0.25) is 14.5 Å². The van der Waals surface area contributed by atoms with Crippen molar-refractivity contribution in [3.05, 3.63) is 35.9 Å². The molecule has 6 aliphatic carbocycles. The van der Waals surface area contributed by atoms with Crippen LogP contribution in [0.1, 0.15) is 130 Å². The number of amides is 2. The lowest BCUT2D eigenvalue weighted by atomic mass is 9.51. The van der Waals surface area contributed by atoms with Crippen molar-refractivity contribution >= 4 is 11.8 Å². The average Bonchev–Trinajstić information content (AvgIpc) is 3.92. The molecule has 1 aromatic rings. The highest BCUT2D eigenvalue weighted by atomic mass is 16.5. The molecule has 2 saturated heterocycles. The predicted molar refractivity (Wildman–Crippen MR) is 208 cm³/mol. The minimum atomic E-state index is -0.0664. The van der Waals surface area contributed by atoms with E-state index in [1.807, 2.05) is 18.2 Å². The van der Waals surface area contributed by atoms with Gasteiger partial charge in [0.1, 0.15) is 0 Å². The first-order valence-electron chi connectivity index (χ1n) is 22.1. The number of carbonyl (C=O) groups excluding carboxylic acids is 2. The van der Waals surface area contributed by atoms with E-state index in [-0.39, 0.29) is 28.9 Å². The first kappa shape index (κ1) is 36.7. The van der Waals surface area contributed by atoms with Crippen LogP contribution >= 0.6 is 0 Å². The van der Waals surface area contributed by atoms with E-state index in [9.17, 15) is 14.7 Å². The maximum absolute atomic E-state index is 12.9. The predicted octanol–water partition coefficient (Wildman–Crippen LogP) is 7.30. The monoisotopic (exact) mass is 728 g/mol. The van der Waals surface area contributed by atoms with Crippen molar-refractivity contribution < 1.29 is 19.4 Å². The molecule has 2 amide bonds. The van der Waals surface area contributed by atoms with Gasteiger partial charge in [0.05, 0.1) is 17.8 Å². The SMILES string of the molecule is C[C@H]1C[C@H]2OC3(CC[C@H]4[C@@H]5CC6CC67C[C@@H](O)CC[C@]7(C)[C@H]5CC45CC53C)[C@H](C)[C@@H]2N(CCNC(=O)CCCCCNC(=O)CCc2ccccc2)C1. The van der Waals surface area contributed by atoms with Gasteiger partial charge in [-0.05, 0) is 135 Å². The van der Waals surface area contributed by atoms with Crippen LogP contribution in [0.5, 0.6) is 0 Å². The zero-order valence-electron chi connectivity index (χ0n) is 33.3. The van der Waals surface area contributed by atoms with Crippen LogP contribution in [-0.4, -0.2) is 71.9 Å². The zero-order chi connectivity index (χ0) is 36.8. The summed E-state index contributed by atoms with van der Waals surface area (Å²) in [5.41, 5.74) is 2.77. The topological polar surface area (TPSA) is 90.9 Å². The average molecular weight is 728 g/mol. The van der Waals surface area contributed by atoms with E-state index in [0.717, 1.165) is 81.7 Å². The number of rotatable bonds is 12. The third-order valence-corrected chi connectivity index (χ3v) is 18.3. The quantitative estimate of drug-likeness (QED) is 0.197. The first-order valence-corrected chi connectivity index (χ1v) is 22.1. The van der Waals surface area contributed by atoms with Crippen molar-refractivity contribution in [3.8, 4) is 0 Å². The van der Waals surface area contributed by atoms with Gasteiger partial charge >= 0.3 is 0 Å². The molecule has 9 rings (SSSR count). The summed E-state index contributed by atoms with van der Waals surface area (Å²) in [5, 5.41) is 17.1. The fourth-order valence-corrected chi connectivity index (χ4v) is 15.7. The Hall–Kier alpha value is -1.96. The summed E-state index contributed by atoms with van der Waals surface area (Å²) in [7, 11) is 0. The maximum Gasteiger partial charge on any atom is 0.220 e. The molecule has 0 radical (unpaired) electrons. The third kappa shape index (κ3) is 5.64. The molecule has 7 nitrogen and oxygen atoms in total. The van der Waals surface area contributed by atoms with Gasteiger partial charge in [0, 0.05) is 56.4 Å². The Morgan fingerprint density at radius 1 is 0.887 bits per heavy atom. The molecule has 53 heavy (non-hydrogen) atoms. The first-order chi connectivity index (χ1) is 25.5. The lowest BCUT2D eigenvalue weighted by Gasteiger charge is -2.54. The molecule has 2 heterocycles. The van der Waals surface area contributed by atoms with Crippen LogP contribution in [0.25, 0.3) is 0 Å². The second kappa shape index (κ2) is 13.3. The van der Waals surface area contributed by atoms with Gasteiger partial charge in [-0.25, -0.2) is 0 Å². The summed E-state index contributed by atoms with van der Waals surface area (Å²) >= 11 is 0. The fraction of sp³-hybridized carbons (Fsp3) is 0.826. The Kier molecular flexibility index (Phi) is 9.22. The third-order valence-electron chi connectivity index (χ3n) is 18.3. The summed E-state index contributed by atoms with van der Waals surface area (Å²) in [6.45, 7) is 13.7. The lowest BCUT2D eigenvalue weighted by Crippen LogP contribution is -2.55. The summed E-state index contributed by atoms with van der Waals surface area (Å²) < 4.78 is 7.57. The smallest absolute Gasteiger partial charge is 0.220 e. The number of fused-ring (bicyclic) bond motifs is 5. The van der Waals surface area contributed by atoms with Crippen molar-refractivity contribution in [2.75, 3.05) is 26.2 Å². The number of aryl methyl sites for hydroxylation is 1. The highest BCUT2D eigenvalue weighted by molar-refractivity contribution is 5.76. The van der Waals surface area contributed by atoms with Gasteiger partial charge in [-0.2, -0.15) is 0 Å². The minimum Gasteiger partial charge on any atom is -0.393 e. The number of piperidine rings is 1. The summed E-state index contributed by atoms with van der Waals surface area (Å²) in [6, 6.07) is 10.6. The van der Waals surface area contributed by atoms with E-state index in [1.165, 1.54) is 50.5 Å². The van der Waals surface area contributed by atoms with Gasteiger partial charge < -0.3 is 20.5 Å². The fourth-order valence-electron chi connectivity index (χ4n) is 15.7. The number of benzene rings is 1. The number of unbranched alkanes of at least 4 members (excludes halogenated alkanes) is 2. The van der Waals surface area contributed by atoms with Crippen LogP contribution in [0.15, 0.2) is 30.3 Å². The van der Waals surface area contributed by atoms with E-state index in [2.05, 4.69) is 55.4 Å². The largest absolute Gasteiger partial charge is 0.393 e. The molecule has 6 saturated carbocycles. The highest BCUT2D eigenvalue weighted by Gasteiger charge is 2.86. The van der Waals surface area contributed by atoms with Crippen LogP contribution in [-0.2, 0) is 20.7 Å². The second-order valence-electron chi connectivity index (χ2n) is 20.5. The normalized spacial score (nSPS) is 47.4. The van der Waals surface area contributed by atoms with Crippen molar-refractivity contribution in [1.29, 1.82) is 0 Å². The second-order valence-corrected chi connectivity index (χ2v) is 20.5. The number of nitrogens with zero attached hydrogens (tertiary/aromatic N) is 1. The summed E-state index contributed by atoms with van der Waals surface area (Å²) in [4.78, 5) is 27.8. The van der Waals surface area contributed by atoms with Crippen LogP contribution in [0.2, 0.25) is 0 Å². The summed E-state index contributed by atoms with van der Waals surface area (Å²) in [6.07, 6.45) is 17.5. The maximum atomic E-state index is 12.9. The van der Waals surface area contributed by atoms with Crippen LogP contribution in [0.4, 0.5) is 0 Å². The molecule has 5 unspecified atom stereocenters. The molecule has 14 atom stereocenters. The zero-order valence-corrected chi connectivity index (χ0v) is 33.3. The Labute approximate surface area is 319 Å². The Morgan fingerprint density at radius 3 is 2.51 bits per heavy atom. The molecule has 292 valence electrons. The number of nitrogens with one attached hydrogen (secondary N) is 2. The van der Waals surface area contributed by atoms with E-state index in [4.69, 9.17) is 4.74 Å². The minimum absolute atomic E-state index is 0.0243. The van der Waals surface area contributed by atoms with Crippen LogP contribution < -0.4 is 10.6 Å². The number of likely N-dealkylation sites (tertiary alicyclic amines) is 1. The van der Waals surface area contributed by atoms with Gasteiger partial charge in [-0.15, -0.1) is 0 Å². The van der Waals surface area contributed by atoms with Crippen molar-refractivity contribution in [1.82, 2.24) is 15.5 Å². The van der Waals surface area contributed by atoms with E-state index < -0.39 is 0 Å². The molecule has 3 spiro atoms. The molecule has 7 heteroatoms. The van der Waals surface area contributed by atoms with Gasteiger partial charge in [-0.1, -0.05) is 64.4 Å². The lowest BCUT2D eigenvalue weighted by molar-refractivity contribution is -0.148. The number of ether oxygens (including phenoxy) is 1. The summed E-state index contributed by atoms with van der Waals surface area (Å²) in [5.74, 6) is 4.84. The standard InChI is InChI=1S/C46H69N3O4/c1-30-23-38-41(49(28-30)22-21-48-39(51)13-9-6-10-20-47-40(52)15-14-32-11-7-5-8-12-32)31(2)46(53-38)19-17-36-35-24-33-25-44(33)26-34(50)16-18-42(44,3)37(35)27-45(36)29-43(45,46)4/h5,7-8,11-12,30-31,33-38,41,50H,6,9-10,13-29H2,1-4H3,(H,47,52)(H,48,51)/t30-,31+,33?,34-,35-,36-,37-,38+,41-,42+,43?,44?,45?,46?/m0/s1. The highest BCUT2D eigenvalue weighted by Crippen LogP contribution is 2.90. The molecular weight excluding hydrogens is 659 g/mol. The van der Waals surface area contributed by atoms with E-state index in [1.54, 1.807) is 0 Å². The van der Waals surface area contributed by atoms with Crippen molar-refractivity contribution in [2.45, 2.75) is 154 Å². The molecule has 8 aliphatic rings. The Morgan fingerprint density at radius 2 is 1.68 bits per heavy atom. The van der Waals surface area contributed by atoms with Crippen molar-refractivity contribution in [2.24, 2.45) is 57.2 Å². The molecule has 2 aliphatic heterocycles. The van der Waals surface area contributed by atoms with E-state index in [0.29, 0.717) is 66.2 Å². The molecule has 3 N–H and O–H groups in total. The molecule has 8 fully saturated rings. The molecule has 0 aromatic heterocycles. The van der Waals surface area contributed by atoms with E-state index >= 15 is 0 Å². The number of hydrogen-bond acceptors (Lipinski definition) is 5. The van der Waals surface area contributed by atoms with Gasteiger partial charge in [0.2, 0.25) is 11.8 Å².